The number of carbonyl (C=O) groups excluding carboxylic acids is 2. The Bertz CT molecular complexity index is 1600. The van der Waals surface area contributed by atoms with Gasteiger partial charge in [0, 0.05) is 13.6 Å². The average Bonchev–Trinajstić information content (AvgIpc) is 3.02. The van der Waals surface area contributed by atoms with E-state index in [2.05, 4.69) is 11.9 Å². The van der Waals surface area contributed by atoms with Crippen LogP contribution in [0.4, 0.5) is 40.3 Å². The molecule has 0 bridgehead atoms. The molecule has 6 nitrogen and oxygen atoms in total. The number of halogens is 7. The first-order valence-electron chi connectivity index (χ1n) is 15.1. The van der Waals surface area contributed by atoms with Crippen molar-refractivity contribution in [3.63, 3.8) is 0 Å². The SMILES string of the molecule is C=CC[C@]1(NC(=O)OCc2ccccc2)CCN(C(=O)N(C)[C@H](C)c2cc(C(F)(F)F)cc(C(F)(F)F)c2)[C@@H](c2ccc(F)cc2C)C1. The fourth-order valence-corrected chi connectivity index (χ4v) is 6.01. The summed E-state index contributed by atoms with van der Waals surface area (Å²) >= 11 is 0. The first-order chi connectivity index (χ1) is 22.4. The van der Waals surface area contributed by atoms with Crippen LogP contribution in [0.2, 0.25) is 0 Å². The van der Waals surface area contributed by atoms with Gasteiger partial charge in [-0.3, -0.25) is 0 Å². The van der Waals surface area contributed by atoms with E-state index < -0.39 is 59.0 Å². The van der Waals surface area contributed by atoms with E-state index in [1.807, 2.05) is 6.07 Å². The van der Waals surface area contributed by atoms with Gasteiger partial charge >= 0.3 is 24.5 Å². The van der Waals surface area contributed by atoms with Crippen molar-refractivity contribution in [2.75, 3.05) is 13.6 Å². The number of alkyl halides is 6. The minimum atomic E-state index is -5.06. The highest BCUT2D eigenvalue weighted by molar-refractivity contribution is 5.76. The predicted octanol–water partition coefficient (Wildman–Crippen LogP) is 9.36. The van der Waals surface area contributed by atoms with Crippen LogP contribution >= 0.6 is 0 Å². The highest BCUT2D eigenvalue weighted by Gasteiger charge is 2.45. The molecule has 1 heterocycles. The summed E-state index contributed by atoms with van der Waals surface area (Å²) in [5.41, 5.74) is -2.46. The molecule has 48 heavy (non-hydrogen) atoms. The van der Waals surface area contributed by atoms with E-state index >= 15 is 0 Å². The molecular weight excluding hydrogens is 643 g/mol. The lowest BCUT2D eigenvalue weighted by molar-refractivity contribution is -0.143. The van der Waals surface area contributed by atoms with Crippen molar-refractivity contribution in [3.05, 3.63) is 119 Å². The summed E-state index contributed by atoms with van der Waals surface area (Å²) in [4.78, 5) is 29.6. The van der Waals surface area contributed by atoms with Crippen LogP contribution in [0.15, 0.2) is 79.4 Å². The topological polar surface area (TPSA) is 61.9 Å². The summed E-state index contributed by atoms with van der Waals surface area (Å²) in [6.07, 6.45) is -8.58. The molecule has 3 atom stereocenters. The quantitative estimate of drug-likeness (QED) is 0.191. The average molecular weight is 680 g/mol. The van der Waals surface area contributed by atoms with Crippen molar-refractivity contribution in [3.8, 4) is 0 Å². The van der Waals surface area contributed by atoms with Crippen LogP contribution in [-0.4, -0.2) is 41.1 Å². The molecule has 3 aromatic rings. The van der Waals surface area contributed by atoms with Crippen LogP contribution in [0.25, 0.3) is 0 Å². The zero-order valence-corrected chi connectivity index (χ0v) is 26.6. The van der Waals surface area contributed by atoms with Gasteiger partial charge in [0.1, 0.15) is 12.4 Å². The number of alkyl carbamates (subject to hydrolysis) is 1. The molecule has 0 radical (unpaired) electrons. The third kappa shape index (κ3) is 8.48. The first kappa shape index (κ1) is 36.3. The Labute approximate surface area is 274 Å². The molecule has 1 saturated heterocycles. The minimum Gasteiger partial charge on any atom is -0.445 e. The molecule has 0 aromatic heterocycles. The van der Waals surface area contributed by atoms with Crippen molar-refractivity contribution < 1.29 is 45.1 Å². The Morgan fingerprint density at radius 2 is 1.67 bits per heavy atom. The van der Waals surface area contributed by atoms with E-state index in [1.165, 1.54) is 37.1 Å². The number of likely N-dealkylation sites (tertiary alicyclic amines) is 1. The van der Waals surface area contributed by atoms with E-state index in [0.29, 0.717) is 23.3 Å². The molecule has 0 aliphatic carbocycles. The van der Waals surface area contributed by atoms with Gasteiger partial charge in [0.2, 0.25) is 0 Å². The molecule has 4 rings (SSSR count). The number of urea groups is 1. The molecule has 3 aromatic carbocycles. The maximum absolute atomic E-state index is 14.2. The highest BCUT2D eigenvalue weighted by Crippen LogP contribution is 2.42. The number of carbonyl (C=O) groups is 2. The number of aryl methyl sites for hydroxylation is 1. The minimum absolute atomic E-state index is 0.0101. The third-order valence-electron chi connectivity index (χ3n) is 8.72. The van der Waals surface area contributed by atoms with Gasteiger partial charge in [0.15, 0.2) is 0 Å². The van der Waals surface area contributed by atoms with E-state index in [4.69, 9.17) is 4.74 Å². The molecule has 1 fully saturated rings. The lowest BCUT2D eigenvalue weighted by Crippen LogP contribution is -2.58. The van der Waals surface area contributed by atoms with Crippen molar-refractivity contribution in [1.82, 2.24) is 15.1 Å². The summed E-state index contributed by atoms with van der Waals surface area (Å²) in [5, 5.41) is 2.94. The van der Waals surface area contributed by atoms with Crippen LogP contribution in [-0.2, 0) is 23.7 Å². The fourth-order valence-electron chi connectivity index (χ4n) is 6.01. The summed E-state index contributed by atoms with van der Waals surface area (Å²) in [5.74, 6) is -0.513. The molecule has 0 unspecified atom stereocenters. The number of hydrogen-bond donors (Lipinski definition) is 1. The summed E-state index contributed by atoms with van der Waals surface area (Å²) in [7, 11) is 1.29. The van der Waals surface area contributed by atoms with Crippen molar-refractivity contribution in [1.29, 1.82) is 0 Å². The molecule has 0 spiro atoms. The molecule has 1 aliphatic heterocycles. The Balaban J connectivity index is 1.65. The van der Waals surface area contributed by atoms with Crippen LogP contribution in [0.5, 0.6) is 0 Å². The Kier molecular flexibility index (Phi) is 10.8. The van der Waals surface area contributed by atoms with Gasteiger partial charge in [0.25, 0.3) is 0 Å². The number of amides is 3. The second kappa shape index (κ2) is 14.3. The first-order valence-corrected chi connectivity index (χ1v) is 15.1. The Morgan fingerprint density at radius 3 is 2.23 bits per heavy atom. The van der Waals surface area contributed by atoms with Crippen molar-refractivity contribution in [2.45, 2.75) is 69.7 Å². The summed E-state index contributed by atoms with van der Waals surface area (Å²) in [6, 6.07) is 11.6. The molecule has 1 N–H and O–H groups in total. The van der Waals surface area contributed by atoms with E-state index in [9.17, 15) is 40.3 Å². The third-order valence-corrected chi connectivity index (χ3v) is 8.72. The molecule has 3 amide bonds. The summed E-state index contributed by atoms with van der Waals surface area (Å²) in [6.45, 7) is 6.85. The van der Waals surface area contributed by atoms with Gasteiger partial charge in [-0.2, -0.15) is 26.3 Å². The van der Waals surface area contributed by atoms with Crippen LogP contribution in [0, 0.1) is 12.7 Å². The molecular formula is C35H36F7N3O3. The van der Waals surface area contributed by atoms with Gasteiger partial charge < -0.3 is 19.9 Å². The van der Waals surface area contributed by atoms with Crippen LogP contribution in [0.1, 0.15) is 71.7 Å². The van der Waals surface area contributed by atoms with Crippen LogP contribution < -0.4 is 5.32 Å². The monoisotopic (exact) mass is 679 g/mol. The number of ether oxygens (including phenoxy) is 1. The number of hydrogen-bond acceptors (Lipinski definition) is 3. The predicted molar refractivity (Wildman–Crippen MR) is 165 cm³/mol. The second-order valence-corrected chi connectivity index (χ2v) is 12.0. The fraction of sp³-hybridized carbons (Fsp3) is 0.371. The standard InChI is InChI=1S/C35H36F7N3O3/c1-5-13-33(43-31(46)48-21-24-9-7-6-8-10-24)14-15-45(30(20-33)29-12-11-28(36)16-22(29)2)32(47)44(4)23(3)25-17-26(34(37,38)39)19-27(18-25)35(40,41)42/h5-12,16-19,23,30H,1,13-15,20-21H2,2-4H3,(H,43,46)/t23-,30-,33+/m1/s1. The zero-order chi connectivity index (χ0) is 35.4. The maximum atomic E-state index is 14.2. The lowest BCUT2D eigenvalue weighted by atomic mass is 9.77. The van der Waals surface area contributed by atoms with E-state index in [-0.39, 0.29) is 44.0 Å². The van der Waals surface area contributed by atoms with Crippen LogP contribution in [0.3, 0.4) is 0 Å². The smallest absolute Gasteiger partial charge is 0.416 e. The Morgan fingerprint density at radius 1 is 1.04 bits per heavy atom. The van der Waals surface area contributed by atoms with E-state index in [1.54, 1.807) is 37.3 Å². The number of benzene rings is 3. The molecule has 13 heteroatoms. The molecule has 1 aliphatic rings. The normalized spacial score (nSPS) is 19.0. The largest absolute Gasteiger partial charge is 0.445 e. The number of nitrogens with zero attached hydrogens (tertiary/aromatic N) is 2. The maximum Gasteiger partial charge on any atom is 0.416 e. The van der Waals surface area contributed by atoms with Gasteiger partial charge in [-0.05, 0) is 85.7 Å². The van der Waals surface area contributed by atoms with E-state index in [0.717, 1.165) is 10.5 Å². The van der Waals surface area contributed by atoms with Gasteiger partial charge in [-0.15, -0.1) is 6.58 Å². The van der Waals surface area contributed by atoms with Gasteiger partial charge in [-0.25, -0.2) is 14.0 Å². The molecule has 258 valence electrons. The second-order valence-electron chi connectivity index (χ2n) is 12.0. The summed E-state index contributed by atoms with van der Waals surface area (Å²) < 4.78 is 101. The van der Waals surface area contributed by atoms with Crippen molar-refractivity contribution in [2.24, 2.45) is 0 Å². The molecule has 0 saturated carbocycles. The Hall–Kier alpha value is -4.55. The van der Waals surface area contributed by atoms with Crippen molar-refractivity contribution >= 4 is 12.1 Å². The van der Waals surface area contributed by atoms with Gasteiger partial charge in [-0.1, -0.05) is 42.5 Å². The highest BCUT2D eigenvalue weighted by atomic mass is 19.4. The van der Waals surface area contributed by atoms with Gasteiger partial charge in [0.05, 0.1) is 28.7 Å². The lowest BCUT2D eigenvalue weighted by Gasteiger charge is -2.48. The number of piperidine rings is 1. The number of nitrogens with one attached hydrogen (secondary N) is 1. The zero-order valence-electron chi connectivity index (χ0n) is 26.6. The number of rotatable bonds is 8.